The summed E-state index contributed by atoms with van der Waals surface area (Å²) < 4.78 is 11.6. The smallest absolute Gasteiger partial charge is 0.166 e. The predicted molar refractivity (Wildman–Crippen MR) is 85.6 cm³/mol. The number of benzene rings is 1. The van der Waals surface area contributed by atoms with Gasteiger partial charge in [-0.15, -0.1) is 0 Å². The summed E-state index contributed by atoms with van der Waals surface area (Å²) in [5.41, 5.74) is 3.15. The number of rotatable bonds is 3. The number of aryl methyl sites for hydroxylation is 2. The van der Waals surface area contributed by atoms with Crippen molar-refractivity contribution in [3.05, 3.63) is 40.8 Å². The summed E-state index contributed by atoms with van der Waals surface area (Å²) in [5, 5.41) is 3.39. The first-order valence-electron chi connectivity index (χ1n) is 7.58. The Kier molecular flexibility index (Phi) is 4.13. The molecule has 0 fully saturated rings. The van der Waals surface area contributed by atoms with E-state index in [1.807, 2.05) is 32.9 Å². The van der Waals surface area contributed by atoms with E-state index in [0.717, 1.165) is 46.4 Å². The van der Waals surface area contributed by atoms with E-state index >= 15 is 0 Å². The second-order valence-electron chi connectivity index (χ2n) is 5.48. The van der Waals surface area contributed by atoms with Gasteiger partial charge in [0.25, 0.3) is 0 Å². The molecule has 1 aliphatic heterocycles. The van der Waals surface area contributed by atoms with Crippen LogP contribution in [0.2, 0.25) is 0 Å². The molecule has 0 saturated carbocycles. The molecule has 1 aromatic heterocycles. The topological polar surface area (TPSA) is 56.3 Å². The van der Waals surface area contributed by atoms with Gasteiger partial charge in [0.1, 0.15) is 11.6 Å². The lowest BCUT2D eigenvalue weighted by molar-refractivity contribution is 0.296. The predicted octanol–water partition coefficient (Wildman–Crippen LogP) is 3.18. The van der Waals surface area contributed by atoms with Crippen LogP contribution in [0.3, 0.4) is 0 Å². The van der Waals surface area contributed by atoms with E-state index in [4.69, 9.17) is 9.47 Å². The van der Waals surface area contributed by atoms with Crippen molar-refractivity contribution in [1.29, 1.82) is 0 Å². The molecule has 0 bridgehead atoms. The fraction of sp³-hybridized carbons (Fsp3) is 0.412. The summed E-state index contributed by atoms with van der Waals surface area (Å²) in [4.78, 5) is 8.86. The first-order chi connectivity index (χ1) is 10.6. The summed E-state index contributed by atoms with van der Waals surface area (Å²) in [6.45, 7) is 7.97. The molecule has 0 aliphatic carbocycles. The number of hydrogen-bond donors (Lipinski definition) is 1. The molecule has 2 aromatic rings. The van der Waals surface area contributed by atoms with Crippen molar-refractivity contribution in [2.45, 2.75) is 33.7 Å². The highest BCUT2D eigenvalue weighted by atomic mass is 16.5. The minimum atomic E-state index is 0.642. The third kappa shape index (κ3) is 2.98. The number of hydrogen-bond acceptors (Lipinski definition) is 5. The normalized spacial score (nSPS) is 13.6. The minimum absolute atomic E-state index is 0.642. The minimum Gasteiger partial charge on any atom is -0.490 e. The van der Waals surface area contributed by atoms with Crippen molar-refractivity contribution in [2.75, 3.05) is 18.5 Å². The summed E-state index contributed by atoms with van der Waals surface area (Å²) >= 11 is 0. The number of fused-ring (bicyclic) bond motifs is 1. The van der Waals surface area contributed by atoms with Gasteiger partial charge in [0.15, 0.2) is 11.5 Å². The van der Waals surface area contributed by atoms with Gasteiger partial charge in [0.05, 0.1) is 13.2 Å². The third-order valence-corrected chi connectivity index (χ3v) is 3.80. The van der Waals surface area contributed by atoms with Crippen LogP contribution in [0.5, 0.6) is 11.5 Å². The maximum absolute atomic E-state index is 5.85. The van der Waals surface area contributed by atoms with Crippen LogP contribution in [-0.4, -0.2) is 23.2 Å². The van der Waals surface area contributed by atoms with E-state index in [-0.39, 0.29) is 0 Å². The Balaban J connectivity index is 1.83. The Morgan fingerprint density at radius 3 is 2.77 bits per heavy atom. The van der Waals surface area contributed by atoms with Gasteiger partial charge in [0, 0.05) is 29.8 Å². The van der Waals surface area contributed by atoms with Gasteiger partial charge in [-0.25, -0.2) is 9.97 Å². The fourth-order valence-corrected chi connectivity index (χ4v) is 2.51. The molecule has 3 rings (SSSR count). The highest BCUT2D eigenvalue weighted by Crippen LogP contribution is 2.33. The summed E-state index contributed by atoms with van der Waals surface area (Å²) in [6, 6.07) is 6.00. The molecule has 1 aliphatic rings. The number of nitrogens with one attached hydrogen (secondary N) is 1. The van der Waals surface area contributed by atoms with Gasteiger partial charge >= 0.3 is 0 Å². The van der Waals surface area contributed by atoms with E-state index in [1.54, 1.807) is 0 Å². The molecule has 0 radical (unpaired) electrons. The molecule has 1 N–H and O–H groups in total. The molecule has 0 amide bonds. The number of para-hydroxylation sites is 1. The van der Waals surface area contributed by atoms with Crippen LogP contribution in [-0.2, 0) is 6.54 Å². The van der Waals surface area contributed by atoms with E-state index in [1.165, 1.54) is 0 Å². The molecule has 22 heavy (non-hydrogen) atoms. The average Bonchev–Trinajstić information content (AvgIpc) is 2.75. The van der Waals surface area contributed by atoms with Gasteiger partial charge in [-0.3, -0.25) is 0 Å². The number of aromatic nitrogens is 2. The van der Waals surface area contributed by atoms with Crippen LogP contribution in [0.1, 0.15) is 29.1 Å². The maximum Gasteiger partial charge on any atom is 0.166 e. The van der Waals surface area contributed by atoms with Crippen LogP contribution >= 0.6 is 0 Å². The van der Waals surface area contributed by atoms with Crippen LogP contribution in [0.15, 0.2) is 18.2 Å². The second kappa shape index (κ2) is 6.22. The summed E-state index contributed by atoms with van der Waals surface area (Å²) in [5.74, 6) is 3.31. The lowest BCUT2D eigenvalue weighted by atomic mass is 10.1. The molecule has 2 heterocycles. The van der Waals surface area contributed by atoms with E-state index in [2.05, 4.69) is 21.4 Å². The maximum atomic E-state index is 5.85. The van der Waals surface area contributed by atoms with Gasteiger partial charge in [-0.05, 0) is 26.8 Å². The molecule has 5 heteroatoms. The molecule has 5 nitrogen and oxygen atoms in total. The molecule has 0 spiro atoms. The summed E-state index contributed by atoms with van der Waals surface area (Å²) in [6.07, 6.45) is 0.908. The van der Waals surface area contributed by atoms with Crippen molar-refractivity contribution in [3.63, 3.8) is 0 Å². The van der Waals surface area contributed by atoms with Crippen molar-refractivity contribution in [1.82, 2.24) is 9.97 Å². The largest absolute Gasteiger partial charge is 0.490 e. The van der Waals surface area contributed by atoms with Crippen molar-refractivity contribution < 1.29 is 9.47 Å². The fourth-order valence-electron chi connectivity index (χ4n) is 2.51. The number of ether oxygens (including phenoxy) is 2. The third-order valence-electron chi connectivity index (χ3n) is 3.80. The Morgan fingerprint density at radius 1 is 1.09 bits per heavy atom. The van der Waals surface area contributed by atoms with Crippen LogP contribution in [0.4, 0.5) is 5.82 Å². The quantitative estimate of drug-likeness (QED) is 0.943. The van der Waals surface area contributed by atoms with Crippen LogP contribution in [0, 0.1) is 20.8 Å². The van der Waals surface area contributed by atoms with Gasteiger partial charge in [-0.1, -0.05) is 12.1 Å². The molecular weight excluding hydrogens is 278 g/mol. The van der Waals surface area contributed by atoms with Gasteiger partial charge in [-0.2, -0.15) is 0 Å². The second-order valence-corrected chi connectivity index (χ2v) is 5.48. The summed E-state index contributed by atoms with van der Waals surface area (Å²) in [7, 11) is 0. The molecular formula is C17H21N3O2. The first-order valence-corrected chi connectivity index (χ1v) is 7.58. The van der Waals surface area contributed by atoms with E-state index in [0.29, 0.717) is 19.8 Å². The molecule has 0 atom stereocenters. The van der Waals surface area contributed by atoms with E-state index < -0.39 is 0 Å². The molecule has 1 aromatic carbocycles. The molecule has 0 unspecified atom stereocenters. The number of anilines is 1. The molecule has 0 saturated heterocycles. The Bertz CT molecular complexity index is 686. The lowest BCUT2D eigenvalue weighted by Crippen LogP contribution is -2.08. The lowest BCUT2D eigenvalue weighted by Gasteiger charge is -2.15. The van der Waals surface area contributed by atoms with E-state index in [9.17, 15) is 0 Å². The molecule has 116 valence electrons. The van der Waals surface area contributed by atoms with Crippen molar-refractivity contribution in [3.8, 4) is 11.5 Å². The average molecular weight is 299 g/mol. The Labute approximate surface area is 130 Å². The van der Waals surface area contributed by atoms with Crippen molar-refractivity contribution in [2.24, 2.45) is 0 Å². The van der Waals surface area contributed by atoms with Gasteiger partial charge in [0.2, 0.25) is 0 Å². The monoisotopic (exact) mass is 299 g/mol. The first kappa shape index (κ1) is 14.6. The van der Waals surface area contributed by atoms with Crippen molar-refractivity contribution >= 4 is 5.82 Å². The highest BCUT2D eigenvalue weighted by molar-refractivity contribution is 5.51. The SMILES string of the molecule is Cc1nc(C)c(C)c(NCc2cccc3c2OCCCO3)n1. The zero-order valence-electron chi connectivity index (χ0n) is 13.3. The zero-order valence-corrected chi connectivity index (χ0v) is 13.3. The van der Waals surface area contributed by atoms with Crippen LogP contribution in [0.25, 0.3) is 0 Å². The Morgan fingerprint density at radius 2 is 1.91 bits per heavy atom. The number of nitrogens with zero attached hydrogens (tertiary/aromatic N) is 2. The standard InChI is InChI=1S/C17H21N3O2/c1-11-12(2)19-13(3)20-17(11)18-10-14-6-4-7-15-16(14)22-9-5-8-21-15/h4,6-7H,5,8-10H2,1-3H3,(H,18,19,20). The highest BCUT2D eigenvalue weighted by Gasteiger charge is 2.15. The zero-order chi connectivity index (χ0) is 15.5. The van der Waals surface area contributed by atoms with Gasteiger partial charge < -0.3 is 14.8 Å². The Hall–Kier alpha value is -2.30. The van der Waals surface area contributed by atoms with Crippen LogP contribution < -0.4 is 14.8 Å².